The van der Waals surface area contributed by atoms with Crippen molar-refractivity contribution >= 4 is 5.78 Å². The van der Waals surface area contributed by atoms with Crippen molar-refractivity contribution in [3.8, 4) is 5.75 Å². The van der Waals surface area contributed by atoms with Crippen molar-refractivity contribution in [2.24, 2.45) is 0 Å². The fourth-order valence-electron chi connectivity index (χ4n) is 2.45. The summed E-state index contributed by atoms with van der Waals surface area (Å²) >= 11 is 0. The molecule has 0 radical (unpaired) electrons. The van der Waals surface area contributed by atoms with E-state index in [-0.39, 0.29) is 5.78 Å². The van der Waals surface area contributed by atoms with E-state index in [0.29, 0.717) is 24.5 Å². The zero-order chi connectivity index (χ0) is 11.9. The van der Waals surface area contributed by atoms with Crippen LogP contribution < -0.4 is 4.74 Å². The Bertz CT molecular complexity index is 454. The molecular weight excluding hydrogens is 218 g/mol. The van der Waals surface area contributed by atoms with E-state index >= 15 is 0 Å². The van der Waals surface area contributed by atoms with Crippen molar-refractivity contribution in [2.75, 3.05) is 26.3 Å². The number of ketones is 1. The first kappa shape index (κ1) is 10.7. The molecule has 1 atom stereocenters. The third-order valence-electron chi connectivity index (χ3n) is 3.48. The smallest absolute Gasteiger partial charge is 0.225 e. The van der Waals surface area contributed by atoms with Gasteiger partial charge in [-0.2, -0.15) is 0 Å². The standard InChI is InChI=1S/C13H15NO3/c1-13(14-6-8-16-9-7-14)12(15)10-4-2-3-5-11(10)17-13/h2-5H,6-9H2,1H3. The molecule has 17 heavy (non-hydrogen) atoms. The van der Waals surface area contributed by atoms with Gasteiger partial charge in [0.1, 0.15) is 5.75 Å². The van der Waals surface area contributed by atoms with E-state index in [1.807, 2.05) is 31.2 Å². The van der Waals surface area contributed by atoms with Crippen LogP contribution in [-0.2, 0) is 4.74 Å². The van der Waals surface area contributed by atoms with Gasteiger partial charge in [0.15, 0.2) is 0 Å². The summed E-state index contributed by atoms with van der Waals surface area (Å²) in [7, 11) is 0. The molecule has 0 aliphatic carbocycles. The van der Waals surface area contributed by atoms with Crippen LogP contribution in [0, 0.1) is 0 Å². The lowest BCUT2D eigenvalue weighted by atomic mass is 10.0. The molecule has 3 rings (SSSR count). The van der Waals surface area contributed by atoms with Crippen molar-refractivity contribution in [2.45, 2.75) is 12.6 Å². The first-order valence-electron chi connectivity index (χ1n) is 5.87. The third-order valence-corrected chi connectivity index (χ3v) is 3.48. The molecule has 0 amide bonds. The zero-order valence-corrected chi connectivity index (χ0v) is 9.81. The van der Waals surface area contributed by atoms with Gasteiger partial charge in [0.2, 0.25) is 11.5 Å². The topological polar surface area (TPSA) is 38.8 Å². The van der Waals surface area contributed by atoms with E-state index in [1.165, 1.54) is 0 Å². The first-order valence-corrected chi connectivity index (χ1v) is 5.87. The number of fused-ring (bicyclic) bond motifs is 1. The quantitative estimate of drug-likeness (QED) is 0.733. The molecule has 1 unspecified atom stereocenters. The summed E-state index contributed by atoms with van der Waals surface area (Å²) in [4.78, 5) is 14.5. The minimum absolute atomic E-state index is 0.0509. The van der Waals surface area contributed by atoms with Crippen molar-refractivity contribution < 1.29 is 14.3 Å². The lowest BCUT2D eigenvalue weighted by Crippen LogP contribution is -2.57. The normalized spacial score (nSPS) is 28.9. The van der Waals surface area contributed by atoms with E-state index in [2.05, 4.69) is 4.90 Å². The fourth-order valence-corrected chi connectivity index (χ4v) is 2.45. The van der Waals surface area contributed by atoms with Crippen LogP contribution >= 0.6 is 0 Å². The molecule has 2 aliphatic heterocycles. The molecule has 0 N–H and O–H groups in total. The Morgan fingerprint density at radius 2 is 1.94 bits per heavy atom. The Morgan fingerprint density at radius 1 is 1.24 bits per heavy atom. The Balaban J connectivity index is 1.93. The average Bonchev–Trinajstić information content (AvgIpc) is 2.65. The number of carbonyl (C=O) groups excluding carboxylic acids is 1. The molecule has 1 aromatic carbocycles. The summed E-state index contributed by atoms with van der Waals surface area (Å²) in [6, 6.07) is 7.42. The fraction of sp³-hybridized carbons (Fsp3) is 0.462. The van der Waals surface area contributed by atoms with Crippen LogP contribution in [0.15, 0.2) is 24.3 Å². The monoisotopic (exact) mass is 233 g/mol. The predicted octanol–water partition coefficient (Wildman–Crippen LogP) is 1.31. The van der Waals surface area contributed by atoms with E-state index in [4.69, 9.17) is 9.47 Å². The average molecular weight is 233 g/mol. The van der Waals surface area contributed by atoms with Crippen LogP contribution in [0.5, 0.6) is 5.75 Å². The summed E-state index contributed by atoms with van der Waals surface area (Å²) in [5.74, 6) is 0.737. The summed E-state index contributed by atoms with van der Waals surface area (Å²) in [5, 5.41) is 0. The number of Topliss-reactive ketones (excluding diaryl/α,β-unsaturated/α-hetero) is 1. The van der Waals surface area contributed by atoms with Crippen LogP contribution in [-0.4, -0.2) is 42.7 Å². The third kappa shape index (κ3) is 1.56. The maximum absolute atomic E-state index is 12.4. The van der Waals surface area contributed by atoms with E-state index in [0.717, 1.165) is 13.1 Å². The van der Waals surface area contributed by atoms with Gasteiger partial charge in [-0.05, 0) is 19.1 Å². The molecule has 1 aromatic rings. The highest BCUT2D eigenvalue weighted by molar-refractivity contribution is 6.06. The summed E-state index contributed by atoms with van der Waals surface area (Å²) in [6.07, 6.45) is 0. The van der Waals surface area contributed by atoms with Crippen LogP contribution in [0.25, 0.3) is 0 Å². The summed E-state index contributed by atoms with van der Waals surface area (Å²) in [6.45, 7) is 4.62. The van der Waals surface area contributed by atoms with Gasteiger partial charge in [0.25, 0.3) is 0 Å². The Kier molecular flexibility index (Phi) is 2.42. The second kappa shape index (κ2) is 3.82. The Labute approximate surface area is 100 Å². The van der Waals surface area contributed by atoms with Crippen molar-refractivity contribution in [3.05, 3.63) is 29.8 Å². The van der Waals surface area contributed by atoms with Crippen LogP contribution in [0.4, 0.5) is 0 Å². The molecule has 0 bridgehead atoms. The number of hydrogen-bond donors (Lipinski definition) is 0. The number of hydrogen-bond acceptors (Lipinski definition) is 4. The molecule has 4 nitrogen and oxygen atoms in total. The van der Waals surface area contributed by atoms with Crippen LogP contribution in [0.2, 0.25) is 0 Å². The van der Waals surface area contributed by atoms with Gasteiger partial charge in [-0.1, -0.05) is 12.1 Å². The first-order chi connectivity index (χ1) is 8.22. The van der Waals surface area contributed by atoms with Gasteiger partial charge in [0, 0.05) is 13.1 Å². The number of rotatable bonds is 1. The van der Waals surface area contributed by atoms with E-state index in [1.54, 1.807) is 0 Å². The molecule has 4 heteroatoms. The predicted molar refractivity (Wildman–Crippen MR) is 62.2 cm³/mol. The maximum atomic E-state index is 12.4. The molecular formula is C13H15NO3. The second-order valence-electron chi connectivity index (χ2n) is 4.51. The molecule has 0 spiro atoms. The number of carbonyl (C=O) groups is 1. The molecule has 0 aromatic heterocycles. The van der Waals surface area contributed by atoms with Crippen molar-refractivity contribution in [1.29, 1.82) is 0 Å². The lowest BCUT2D eigenvalue weighted by Gasteiger charge is -2.38. The van der Waals surface area contributed by atoms with Crippen molar-refractivity contribution in [3.63, 3.8) is 0 Å². The molecule has 1 saturated heterocycles. The highest BCUT2D eigenvalue weighted by Crippen LogP contribution is 2.36. The second-order valence-corrected chi connectivity index (χ2v) is 4.51. The summed E-state index contributed by atoms with van der Waals surface area (Å²) < 4.78 is 11.2. The minimum Gasteiger partial charge on any atom is -0.464 e. The number of para-hydroxylation sites is 1. The van der Waals surface area contributed by atoms with Gasteiger partial charge in [-0.25, -0.2) is 0 Å². The molecule has 2 heterocycles. The lowest BCUT2D eigenvalue weighted by molar-refractivity contribution is -0.0796. The zero-order valence-electron chi connectivity index (χ0n) is 9.81. The van der Waals surface area contributed by atoms with Gasteiger partial charge in [-0.3, -0.25) is 9.69 Å². The van der Waals surface area contributed by atoms with Gasteiger partial charge < -0.3 is 9.47 Å². The summed E-state index contributed by atoms with van der Waals surface area (Å²) in [5.41, 5.74) is -0.172. The Morgan fingerprint density at radius 3 is 2.65 bits per heavy atom. The minimum atomic E-state index is -0.854. The number of nitrogens with zero attached hydrogens (tertiary/aromatic N) is 1. The highest BCUT2D eigenvalue weighted by Gasteiger charge is 2.48. The Hall–Kier alpha value is -1.39. The van der Waals surface area contributed by atoms with Crippen LogP contribution in [0.1, 0.15) is 17.3 Å². The van der Waals surface area contributed by atoms with E-state index in [9.17, 15) is 4.79 Å². The maximum Gasteiger partial charge on any atom is 0.225 e. The van der Waals surface area contributed by atoms with Gasteiger partial charge in [0.05, 0.1) is 18.8 Å². The highest BCUT2D eigenvalue weighted by atomic mass is 16.5. The molecule has 2 aliphatic rings. The number of benzene rings is 1. The van der Waals surface area contributed by atoms with Crippen LogP contribution in [0.3, 0.4) is 0 Å². The van der Waals surface area contributed by atoms with Gasteiger partial charge >= 0.3 is 0 Å². The number of morpholine rings is 1. The number of ether oxygens (including phenoxy) is 2. The largest absolute Gasteiger partial charge is 0.464 e. The SMILES string of the molecule is CC1(N2CCOCC2)Oc2ccccc2C1=O. The van der Waals surface area contributed by atoms with E-state index < -0.39 is 5.72 Å². The van der Waals surface area contributed by atoms with Gasteiger partial charge in [-0.15, -0.1) is 0 Å². The van der Waals surface area contributed by atoms with Crippen molar-refractivity contribution in [1.82, 2.24) is 4.90 Å². The molecule has 90 valence electrons. The molecule has 1 fully saturated rings. The molecule has 0 saturated carbocycles.